The van der Waals surface area contributed by atoms with E-state index in [-0.39, 0.29) is 24.0 Å². The zero-order valence-electron chi connectivity index (χ0n) is 19.3. The second-order valence-corrected chi connectivity index (χ2v) is 9.06. The van der Waals surface area contributed by atoms with Crippen molar-refractivity contribution in [3.8, 4) is 17.3 Å². The normalized spacial score (nSPS) is 15.5. The third-order valence-electron chi connectivity index (χ3n) is 5.97. The number of aliphatic hydroxyl groups excluding tert-OH is 1. The molecule has 2 heterocycles. The molecule has 0 bridgehead atoms. The Balaban J connectivity index is 1.60. The van der Waals surface area contributed by atoms with E-state index >= 15 is 0 Å². The van der Waals surface area contributed by atoms with Gasteiger partial charge >= 0.3 is 6.18 Å². The molecular formula is C24H21F3N6O2S. The average molecular weight is 515 g/mol. The van der Waals surface area contributed by atoms with E-state index in [4.69, 9.17) is 22.6 Å². The van der Waals surface area contributed by atoms with Crippen LogP contribution in [0.1, 0.15) is 30.5 Å². The summed E-state index contributed by atoms with van der Waals surface area (Å²) in [5.41, 5.74) is -0.557. The molecule has 1 aromatic heterocycles. The molecule has 3 aromatic rings. The number of nitriles is 1. The van der Waals surface area contributed by atoms with Crippen LogP contribution in [0.15, 0.2) is 48.7 Å². The maximum absolute atomic E-state index is 13.5. The molecule has 186 valence electrons. The minimum Gasteiger partial charge on any atom is -0.394 e. The third-order valence-corrected chi connectivity index (χ3v) is 6.37. The molecule has 12 heteroatoms. The molecule has 0 unspecified atom stereocenters. The molecule has 8 nitrogen and oxygen atoms in total. The van der Waals surface area contributed by atoms with Crippen molar-refractivity contribution >= 4 is 28.9 Å². The van der Waals surface area contributed by atoms with Crippen LogP contribution in [-0.2, 0) is 24.1 Å². The Hall–Kier alpha value is -3.82. The Kier molecular flexibility index (Phi) is 6.55. The quantitative estimate of drug-likeness (QED) is 0.501. The third kappa shape index (κ3) is 4.55. The van der Waals surface area contributed by atoms with E-state index in [1.165, 1.54) is 16.8 Å². The van der Waals surface area contributed by atoms with E-state index in [1.807, 2.05) is 24.3 Å². The number of hydrogen-bond acceptors (Lipinski definition) is 6. The molecule has 0 saturated carbocycles. The zero-order valence-corrected chi connectivity index (χ0v) is 20.1. The lowest BCUT2D eigenvalue weighted by Gasteiger charge is -2.29. The second-order valence-electron chi connectivity index (χ2n) is 8.70. The molecule has 0 spiro atoms. The van der Waals surface area contributed by atoms with Gasteiger partial charge in [-0.05, 0) is 49.8 Å². The molecule has 1 saturated heterocycles. The van der Waals surface area contributed by atoms with Crippen LogP contribution in [0.3, 0.4) is 0 Å². The minimum atomic E-state index is -4.76. The van der Waals surface area contributed by atoms with Crippen molar-refractivity contribution < 1.29 is 23.1 Å². The van der Waals surface area contributed by atoms with Gasteiger partial charge in [0.25, 0.3) is 5.91 Å². The first-order valence-corrected chi connectivity index (χ1v) is 11.3. The van der Waals surface area contributed by atoms with Gasteiger partial charge in [0.15, 0.2) is 5.11 Å². The molecule has 1 amide bonds. The van der Waals surface area contributed by atoms with Gasteiger partial charge < -0.3 is 10.0 Å². The Morgan fingerprint density at radius 1 is 1.17 bits per heavy atom. The highest BCUT2D eigenvalue weighted by Gasteiger charge is 2.49. The second kappa shape index (κ2) is 9.33. The fourth-order valence-corrected chi connectivity index (χ4v) is 4.42. The Morgan fingerprint density at radius 3 is 2.47 bits per heavy atom. The summed E-state index contributed by atoms with van der Waals surface area (Å²) in [6, 6.07) is 12.0. The van der Waals surface area contributed by atoms with Crippen molar-refractivity contribution in [2.45, 2.75) is 38.7 Å². The molecule has 1 aliphatic heterocycles. The Labute approximate surface area is 210 Å². The van der Waals surface area contributed by atoms with Crippen LogP contribution in [0.25, 0.3) is 11.3 Å². The molecule has 1 N–H and O–H groups in total. The first kappa shape index (κ1) is 25.3. The Morgan fingerprint density at radius 2 is 1.86 bits per heavy atom. The number of benzene rings is 2. The molecule has 4 rings (SSSR count). The van der Waals surface area contributed by atoms with Crippen LogP contribution in [-0.4, -0.2) is 48.2 Å². The number of aliphatic hydroxyl groups is 1. The fraction of sp³-hybridized carbons (Fsp3) is 0.292. The van der Waals surface area contributed by atoms with Gasteiger partial charge in [-0.1, -0.05) is 29.5 Å². The number of carbonyl (C=O) groups is 1. The number of rotatable bonds is 6. The lowest BCUT2D eigenvalue weighted by Crippen LogP contribution is -2.43. The number of carbonyl (C=O) groups excluding carboxylic acids is 1. The minimum absolute atomic E-state index is 0.0480. The van der Waals surface area contributed by atoms with Crippen molar-refractivity contribution in [1.29, 1.82) is 5.26 Å². The predicted molar refractivity (Wildman–Crippen MR) is 128 cm³/mol. The summed E-state index contributed by atoms with van der Waals surface area (Å²) in [5, 5.41) is 26.2. The summed E-state index contributed by atoms with van der Waals surface area (Å²) < 4.78 is 42.0. The van der Waals surface area contributed by atoms with Crippen molar-refractivity contribution in [1.82, 2.24) is 19.9 Å². The average Bonchev–Trinajstić information content (AvgIpc) is 3.36. The van der Waals surface area contributed by atoms with Crippen LogP contribution < -0.4 is 4.90 Å². The van der Waals surface area contributed by atoms with Gasteiger partial charge in [-0.2, -0.15) is 18.4 Å². The standard InChI is InChI=1S/C24H21F3N6O2S/c1-23(2)21(35)33(18-8-7-17(12-28)19(11-18)24(25,26)27)22(36)32(23)13-15-3-5-16(6-4-15)20-14-31(9-10-34)30-29-20/h3-8,11,14,34H,9-10,13H2,1-2H3. The van der Waals surface area contributed by atoms with Crippen LogP contribution in [0.4, 0.5) is 18.9 Å². The summed E-state index contributed by atoms with van der Waals surface area (Å²) in [4.78, 5) is 16.0. The summed E-state index contributed by atoms with van der Waals surface area (Å²) in [6.07, 6.45) is -3.04. The monoisotopic (exact) mass is 514 g/mol. The van der Waals surface area contributed by atoms with E-state index < -0.39 is 28.7 Å². The number of nitrogens with zero attached hydrogens (tertiary/aromatic N) is 6. The molecule has 36 heavy (non-hydrogen) atoms. The molecule has 0 aliphatic carbocycles. The lowest BCUT2D eigenvalue weighted by atomic mass is 10.0. The summed E-state index contributed by atoms with van der Waals surface area (Å²) in [6.45, 7) is 3.84. The van der Waals surface area contributed by atoms with Gasteiger partial charge in [0.1, 0.15) is 11.2 Å². The molecule has 1 aliphatic rings. The number of hydrogen-bond donors (Lipinski definition) is 1. The van der Waals surface area contributed by atoms with Crippen molar-refractivity contribution in [2.75, 3.05) is 11.5 Å². The van der Waals surface area contributed by atoms with E-state index in [1.54, 1.807) is 24.9 Å². The Bertz CT molecular complexity index is 1360. The van der Waals surface area contributed by atoms with Crippen molar-refractivity contribution in [3.63, 3.8) is 0 Å². The number of thiocarbonyl (C=S) groups is 1. The summed E-state index contributed by atoms with van der Waals surface area (Å²) in [5.74, 6) is -0.470. The molecule has 2 aromatic carbocycles. The number of halogens is 3. The first-order chi connectivity index (χ1) is 17.0. The van der Waals surface area contributed by atoms with E-state index in [2.05, 4.69) is 10.3 Å². The van der Waals surface area contributed by atoms with Gasteiger partial charge in [-0.25, -0.2) is 4.68 Å². The van der Waals surface area contributed by atoms with Gasteiger partial charge in [-0.3, -0.25) is 9.69 Å². The molecular weight excluding hydrogens is 493 g/mol. The predicted octanol–water partition coefficient (Wildman–Crippen LogP) is 3.74. The van der Waals surface area contributed by atoms with Crippen LogP contribution in [0, 0.1) is 11.3 Å². The first-order valence-electron chi connectivity index (χ1n) is 10.8. The maximum Gasteiger partial charge on any atom is 0.417 e. The maximum atomic E-state index is 13.5. The van der Waals surface area contributed by atoms with Crippen LogP contribution in [0.5, 0.6) is 0 Å². The fourth-order valence-electron chi connectivity index (χ4n) is 3.94. The lowest BCUT2D eigenvalue weighted by molar-refractivity contribution is -0.137. The number of amides is 1. The summed E-state index contributed by atoms with van der Waals surface area (Å²) in [7, 11) is 0. The smallest absolute Gasteiger partial charge is 0.394 e. The number of alkyl halides is 3. The van der Waals surface area contributed by atoms with E-state index in [0.717, 1.165) is 28.2 Å². The van der Waals surface area contributed by atoms with Gasteiger partial charge in [-0.15, -0.1) is 5.10 Å². The van der Waals surface area contributed by atoms with Gasteiger partial charge in [0.2, 0.25) is 0 Å². The highest BCUT2D eigenvalue weighted by atomic mass is 32.1. The van der Waals surface area contributed by atoms with Crippen LogP contribution in [0.2, 0.25) is 0 Å². The largest absolute Gasteiger partial charge is 0.417 e. The van der Waals surface area contributed by atoms with E-state index in [0.29, 0.717) is 12.2 Å². The zero-order chi connectivity index (χ0) is 26.3. The number of aromatic nitrogens is 3. The number of anilines is 1. The van der Waals surface area contributed by atoms with Gasteiger partial charge in [0, 0.05) is 12.1 Å². The van der Waals surface area contributed by atoms with Crippen LogP contribution >= 0.6 is 12.2 Å². The summed E-state index contributed by atoms with van der Waals surface area (Å²) >= 11 is 5.54. The SMILES string of the molecule is CC1(C)C(=O)N(c2ccc(C#N)c(C(F)(F)F)c2)C(=S)N1Cc1ccc(-c2cn(CCO)nn2)cc1. The molecule has 1 fully saturated rings. The molecule has 0 radical (unpaired) electrons. The highest BCUT2D eigenvalue weighted by molar-refractivity contribution is 7.80. The highest BCUT2D eigenvalue weighted by Crippen LogP contribution is 2.38. The van der Waals surface area contributed by atoms with E-state index in [9.17, 15) is 18.0 Å². The van der Waals surface area contributed by atoms with Crippen molar-refractivity contribution in [3.05, 3.63) is 65.4 Å². The molecule has 0 atom stereocenters. The van der Waals surface area contributed by atoms with Crippen molar-refractivity contribution in [2.24, 2.45) is 0 Å². The topological polar surface area (TPSA) is 98.3 Å². The van der Waals surface area contributed by atoms with Gasteiger partial charge in [0.05, 0.1) is 42.2 Å².